The molecule has 2 aliphatic rings. The molecule has 2 heterocycles. The summed E-state index contributed by atoms with van der Waals surface area (Å²) in [5.41, 5.74) is 17.3. The van der Waals surface area contributed by atoms with Crippen molar-refractivity contribution in [3.8, 4) is 11.5 Å². The van der Waals surface area contributed by atoms with Gasteiger partial charge < -0.3 is 31.5 Å². The van der Waals surface area contributed by atoms with Crippen LogP contribution in [0.5, 0.6) is 11.5 Å². The number of aliphatic hydroxyl groups excluding tert-OH is 1. The third kappa shape index (κ3) is 10.6. The molecule has 0 aliphatic heterocycles. The Kier molecular flexibility index (Phi) is 15.5. The van der Waals surface area contributed by atoms with Crippen molar-refractivity contribution in [3.63, 3.8) is 0 Å². The Hall–Kier alpha value is -4.86. The maximum atomic E-state index is 10.3. The van der Waals surface area contributed by atoms with Crippen LogP contribution < -0.4 is 20.9 Å². The average molecular weight is 649 g/mol. The van der Waals surface area contributed by atoms with Crippen molar-refractivity contribution in [2.24, 2.45) is 5.92 Å². The molecular weight excluding hydrogens is 604 g/mol. The second-order valence-corrected chi connectivity index (χ2v) is 11.6. The molecule has 0 saturated heterocycles. The number of pyridine rings is 2. The maximum Gasteiger partial charge on any atom is 0.373 e. The van der Waals surface area contributed by atoms with Crippen molar-refractivity contribution >= 4 is 45.5 Å². The number of aromatic nitrogens is 2. The summed E-state index contributed by atoms with van der Waals surface area (Å²) in [5.74, 6) is 1.88. The number of aryl methyl sites for hydroxylation is 2. The van der Waals surface area contributed by atoms with Crippen molar-refractivity contribution in [2.45, 2.75) is 90.4 Å². The number of fused-ring (bicyclic) bond motifs is 2. The van der Waals surface area contributed by atoms with E-state index in [1.54, 1.807) is 0 Å². The molecular formula is C35H44N4O8. The normalized spacial score (nSPS) is 18.7. The van der Waals surface area contributed by atoms with Gasteiger partial charge >= 0.3 is 12.3 Å². The summed E-state index contributed by atoms with van der Waals surface area (Å²) in [4.78, 5) is 41.5. The minimum absolute atomic E-state index is 0. The van der Waals surface area contributed by atoms with Crippen LogP contribution in [0.15, 0.2) is 48.5 Å². The second kappa shape index (κ2) is 19.0. The summed E-state index contributed by atoms with van der Waals surface area (Å²) >= 11 is 0. The summed E-state index contributed by atoms with van der Waals surface area (Å²) in [5, 5.41) is 12.1. The molecule has 7 N–H and O–H groups in total. The number of nitrogen functional groups attached to an aromatic ring is 2. The van der Waals surface area contributed by atoms with E-state index in [0.29, 0.717) is 11.8 Å². The Bertz CT molecular complexity index is 1650. The highest BCUT2D eigenvalue weighted by atomic mass is 16.5. The molecule has 0 amide bonds. The van der Waals surface area contributed by atoms with Gasteiger partial charge in [-0.25, -0.2) is 0 Å². The Balaban J connectivity index is 0.000000276. The van der Waals surface area contributed by atoms with E-state index in [1.807, 2.05) is 62.4 Å². The number of nitrogens with zero attached hydrogens (tertiary/aromatic N) is 2. The van der Waals surface area contributed by atoms with Gasteiger partial charge in [0, 0.05) is 22.8 Å². The zero-order valence-corrected chi connectivity index (χ0v) is 27.0. The Morgan fingerprint density at radius 1 is 0.723 bits per heavy atom. The molecule has 3 atom stereocenters. The van der Waals surface area contributed by atoms with E-state index in [2.05, 4.69) is 16.9 Å². The Morgan fingerprint density at radius 2 is 1.19 bits per heavy atom. The van der Waals surface area contributed by atoms with E-state index in [4.69, 9.17) is 40.1 Å². The molecule has 4 aromatic rings. The highest BCUT2D eigenvalue weighted by Gasteiger charge is 2.31. The SMILES string of the molecule is Cc1cc(N)c2c(OC3CCCC(C)C3O)cccc2n1.Cc1cc(N)c2c(OC3CCCCC3)cccc2n1.O.O=C=O.O=C=O. The first kappa shape index (κ1) is 38.3. The van der Waals surface area contributed by atoms with E-state index in [0.717, 1.165) is 82.5 Å². The largest absolute Gasteiger partial charge is 0.490 e. The first-order chi connectivity index (χ1) is 22.1. The van der Waals surface area contributed by atoms with Gasteiger partial charge in [0.2, 0.25) is 0 Å². The fraction of sp³-hybridized carbons (Fsp3) is 0.429. The van der Waals surface area contributed by atoms with E-state index in [-0.39, 0.29) is 29.8 Å². The average Bonchev–Trinajstić information content (AvgIpc) is 3.01. The molecule has 0 radical (unpaired) electrons. The third-order valence-corrected chi connectivity index (χ3v) is 8.14. The van der Waals surface area contributed by atoms with Crippen LogP contribution in [0.1, 0.15) is 69.7 Å². The fourth-order valence-corrected chi connectivity index (χ4v) is 6.04. The van der Waals surface area contributed by atoms with Crippen LogP contribution in [0.3, 0.4) is 0 Å². The number of hydrogen-bond donors (Lipinski definition) is 3. The fourth-order valence-electron chi connectivity index (χ4n) is 6.04. The lowest BCUT2D eigenvalue weighted by Crippen LogP contribution is -2.40. The number of benzene rings is 2. The van der Waals surface area contributed by atoms with Crippen LogP contribution in [0, 0.1) is 19.8 Å². The topological polar surface area (TPSA) is 216 Å². The molecule has 2 saturated carbocycles. The third-order valence-electron chi connectivity index (χ3n) is 8.14. The molecule has 2 aromatic heterocycles. The molecule has 3 unspecified atom stereocenters. The number of carbonyl (C=O) groups excluding carboxylic acids is 4. The number of ether oxygens (including phenoxy) is 2. The molecule has 252 valence electrons. The highest BCUT2D eigenvalue weighted by molar-refractivity contribution is 5.96. The van der Waals surface area contributed by atoms with Gasteiger partial charge in [0.1, 0.15) is 17.6 Å². The van der Waals surface area contributed by atoms with Gasteiger partial charge in [-0.05, 0) is 101 Å². The zero-order chi connectivity index (χ0) is 33.6. The lowest BCUT2D eigenvalue weighted by atomic mass is 9.86. The Morgan fingerprint density at radius 3 is 1.68 bits per heavy atom. The summed E-state index contributed by atoms with van der Waals surface area (Å²) in [6.07, 6.45) is 9.42. The van der Waals surface area contributed by atoms with Crippen LogP contribution in [0.2, 0.25) is 0 Å². The van der Waals surface area contributed by atoms with Gasteiger partial charge in [-0.2, -0.15) is 19.2 Å². The van der Waals surface area contributed by atoms with E-state index in [1.165, 1.54) is 19.3 Å². The van der Waals surface area contributed by atoms with Gasteiger partial charge in [0.05, 0.1) is 34.0 Å². The van der Waals surface area contributed by atoms with Crippen molar-refractivity contribution < 1.29 is 39.2 Å². The number of anilines is 2. The molecule has 2 aliphatic carbocycles. The number of rotatable bonds is 4. The summed E-state index contributed by atoms with van der Waals surface area (Å²) < 4.78 is 12.3. The maximum absolute atomic E-state index is 10.3. The number of aliphatic hydroxyl groups is 1. The predicted octanol–water partition coefficient (Wildman–Crippen LogP) is 4.90. The quantitative estimate of drug-likeness (QED) is 0.270. The van der Waals surface area contributed by atoms with E-state index >= 15 is 0 Å². The molecule has 12 heteroatoms. The molecule has 12 nitrogen and oxygen atoms in total. The van der Waals surface area contributed by atoms with Crippen LogP contribution in [0.25, 0.3) is 21.8 Å². The second-order valence-electron chi connectivity index (χ2n) is 11.6. The van der Waals surface area contributed by atoms with Crippen molar-refractivity contribution in [1.29, 1.82) is 0 Å². The molecule has 0 spiro atoms. The molecule has 6 rings (SSSR count). The Labute approximate surface area is 273 Å². The first-order valence-electron chi connectivity index (χ1n) is 15.4. The number of nitrogens with two attached hydrogens (primary N) is 2. The smallest absolute Gasteiger partial charge is 0.373 e. The summed E-state index contributed by atoms with van der Waals surface area (Å²) in [6.45, 7) is 5.96. The van der Waals surface area contributed by atoms with Crippen LogP contribution in [-0.4, -0.2) is 51.2 Å². The van der Waals surface area contributed by atoms with Crippen molar-refractivity contribution in [1.82, 2.24) is 9.97 Å². The zero-order valence-electron chi connectivity index (χ0n) is 27.0. The molecule has 2 aromatic carbocycles. The molecule has 0 bridgehead atoms. The van der Waals surface area contributed by atoms with Gasteiger partial charge in [0.25, 0.3) is 0 Å². The lowest BCUT2D eigenvalue weighted by molar-refractivity contribution is -0.193. The monoisotopic (exact) mass is 648 g/mol. The van der Waals surface area contributed by atoms with E-state index < -0.39 is 6.10 Å². The predicted molar refractivity (Wildman–Crippen MR) is 176 cm³/mol. The standard InChI is InChI=1S/C17H22N2O2.C16H20N2O.2CO2.H2O/c1-10-5-3-8-15(17(10)20)21-14-7-4-6-13-16(14)12(18)9-11(2)19-13;1-11-10-13(17)16-14(18-11)8-5-9-15(16)19-12-6-3-2-4-7-12;2*2-1-3;/h4,6-7,9-10,15,17,20H,3,5,8H2,1-2H3,(H2,18,19);5,8-10,12H,2-4,6-7H2,1H3,(H2,17,18);;;1H2. The minimum atomic E-state index is -0.423. The van der Waals surface area contributed by atoms with Gasteiger partial charge in [-0.3, -0.25) is 9.97 Å². The highest BCUT2D eigenvalue weighted by Crippen LogP contribution is 2.35. The van der Waals surface area contributed by atoms with Gasteiger partial charge in [-0.1, -0.05) is 25.5 Å². The summed E-state index contributed by atoms with van der Waals surface area (Å²) in [7, 11) is 0. The first-order valence-corrected chi connectivity index (χ1v) is 15.4. The molecule has 2 fully saturated rings. The number of hydrogen-bond acceptors (Lipinski definition) is 11. The minimum Gasteiger partial charge on any atom is -0.490 e. The van der Waals surface area contributed by atoms with Crippen molar-refractivity contribution in [2.75, 3.05) is 11.5 Å². The van der Waals surface area contributed by atoms with Gasteiger partial charge in [-0.15, -0.1) is 0 Å². The lowest BCUT2D eigenvalue weighted by Gasteiger charge is -2.33. The van der Waals surface area contributed by atoms with Gasteiger partial charge in [0.15, 0.2) is 0 Å². The summed E-state index contributed by atoms with van der Waals surface area (Å²) in [6, 6.07) is 15.5. The van der Waals surface area contributed by atoms with Crippen LogP contribution in [0.4, 0.5) is 11.4 Å². The molecule has 47 heavy (non-hydrogen) atoms. The van der Waals surface area contributed by atoms with Crippen molar-refractivity contribution in [3.05, 3.63) is 59.9 Å². The van der Waals surface area contributed by atoms with Crippen LogP contribution >= 0.6 is 0 Å². The van der Waals surface area contributed by atoms with E-state index in [9.17, 15) is 5.11 Å². The van der Waals surface area contributed by atoms with Crippen LogP contribution in [-0.2, 0) is 19.2 Å².